The summed E-state index contributed by atoms with van der Waals surface area (Å²) in [5.74, 6) is 1.29. The van der Waals surface area contributed by atoms with Crippen LogP contribution in [0.4, 0.5) is 10.5 Å². The van der Waals surface area contributed by atoms with Crippen molar-refractivity contribution in [1.29, 1.82) is 0 Å². The molecule has 0 aromatic heterocycles. The van der Waals surface area contributed by atoms with Crippen LogP contribution in [0.3, 0.4) is 0 Å². The molecular weight excluding hydrogens is 346 g/mol. The van der Waals surface area contributed by atoms with Crippen LogP contribution in [-0.4, -0.2) is 25.0 Å². The van der Waals surface area contributed by atoms with Crippen LogP contribution in [0, 0.1) is 13.8 Å². The zero-order valence-electron chi connectivity index (χ0n) is 16.5. The van der Waals surface area contributed by atoms with Crippen LogP contribution >= 0.6 is 0 Å². The highest BCUT2D eigenvalue weighted by Crippen LogP contribution is 2.32. The van der Waals surface area contributed by atoms with Crippen LogP contribution in [-0.2, 0) is 17.8 Å². The molecule has 0 atom stereocenters. The Kier molecular flexibility index (Phi) is 7.07. The molecule has 0 saturated heterocycles. The number of ether oxygens (including phenoxy) is 3. The predicted molar refractivity (Wildman–Crippen MR) is 104 cm³/mol. The summed E-state index contributed by atoms with van der Waals surface area (Å²) in [6.45, 7) is 8.61. The maximum atomic E-state index is 11.7. The van der Waals surface area contributed by atoms with E-state index in [1.54, 1.807) is 18.2 Å². The van der Waals surface area contributed by atoms with E-state index in [4.69, 9.17) is 9.47 Å². The van der Waals surface area contributed by atoms with E-state index < -0.39 is 6.09 Å². The van der Waals surface area contributed by atoms with Gasteiger partial charge in [0.15, 0.2) is 0 Å². The second-order valence-electron chi connectivity index (χ2n) is 6.16. The fourth-order valence-electron chi connectivity index (χ4n) is 2.91. The summed E-state index contributed by atoms with van der Waals surface area (Å²) >= 11 is 0. The third kappa shape index (κ3) is 4.71. The van der Waals surface area contributed by atoms with Crippen molar-refractivity contribution < 1.29 is 24.2 Å². The van der Waals surface area contributed by atoms with Gasteiger partial charge in [-0.05, 0) is 62.1 Å². The molecule has 2 aromatic carbocycles. The Bertz CT molecular complexity index is 803. The minimum atomic E-state index is -0.885. The van der Waals surface area contributed by atoms with E-state index in [2.05, 4.69) is 24.7 Å². The van der Waals surface area contributed by atoms with Crippen molar-refractivity contribution in [3.63, 3.8) is 0 Å². The molecule has 1 N–H and O–H groups in total. The topological polar surface area (TPSA) is 68.2 Å². The summed E-state index contributed by atoms with van der Waals surface area (Å²) in [6.07, 6.45) is 0.0762. The summed E-state index contributed by atoms with van der Waals surface area (Å²) in [7, 11) is 1.20. The summed E-state index contributed by atoms with van der Waals surface area (Å²) in [5, 5.41) is 10.6. The van der Waals surface area contributed by atoms with Crippen LogP contribution in [0.25, 0.3) is 0 Å². The molecule has 0 saturated carbocycles. The van der Waals surface area contributed by atoms with Gasteiger partial charge < -0.3 is 14.2 Å². The molecule has 2 aromatic rings. The minimum Gasteiger partial charge on any atom is -0.493 e. The van der Waals surface area contributed by atoms with Gasteiger partial charge in [-0.1, -0.05) is 19.1 Å². The molecule has 0 aliphatic heterocycles. The Morgan fingerprint density at radius 2 is 1.81 bits per heavy atom. The van der Waals surface area contributed by atoms with Gasteiger partial charge in [-0.15, -0.1) is 0 Å². The Balaban J connectivity index is 2.36. The number of hydrogen-bond acceptors (Lipinski definition) is 5. The third-order valence-electron chi connectivity index (χ3n) is 4.37. The van der Waals surface area contributed by atoms with Crippen molar-refractivity contribution in [3.8, 4) is 11.5 Å². The molecule has 0 spiro atoms. The standard InChI is InChI=1S/C21H27NO5/c1-6-16-11-15(4)20(12-14(16)3)27-13-17-18(22(24)21(23)25-5)9-8-10-19(17)26-7-2/h8-12,24H,6-7,13H2,1-5H3. The van der Waals surface area contributed by atoms with Crippen LogP contribution in [0.5, 0.6) is 11.5 Å². The van der Waals surface area contributed by atoms with E-state index in [-0.39, 0.29) is 12.3 Å². The van der Waals surface area contributed by atoms with Crippen molar-refractivity contribution in [2.75, 3.05) is 18.8 Å². The number of anilines is 1. The molecule has 0 heterocycles. The Morgan fingerprint density at radius 1 is 1.07 bits per heavy atom. The Morgan fingerprint density at radius 3 is 2.44 bits per heavy atom. The predicted octanol–water partition coefficient (Wildman–Crippen LogP) is 4.81. The number of methoxy groups -OCH3 is 1. The fraction of sp³-hybridized carbons (Fsp3) is 0.381. The van der Waals surface area contributed by atoms with Gasteiger partial charge >= 0.3 is 6.09 Å². The molecule has 2 rings (SSSR count). The molecule has 0 aliphatic rings. The van der Waals surface area contributed by atoms with Crippen molar-refractivity contribution in [3.05, 3.63) is 52.6 Å². The van der Waals surface area contributed by atoms with E-state index in [0.29, 0.717) is 23.0 Å². The normalized spacial score (nSPS) is 10.4. The van der Waals surface area contributed by atoms with Crippen LogP contribution in [0.1, 0.15) is 36.1 Å². The molecule has 6 nitrogen and oxygen atoms in total. The van der Waals surface area contributed by atoms with E-state index in [9.17, 15) is 10.0 Å². The Labute approximate surface area is 160 Å². The van der Waals surface area contributed by atoms with Gasteiger partial charge in [0.05, 0.1) is 25.0 Å². The zero-order chi connectivity index (χ0) is 20.0. The second-order valence-corrected chi connectivity index (χ2v) is 6.16. The summed E-state index contributed by atoms with van der Waals surface area (Å²) < 4.78 is 16.3. The van der Waals surface area contributed by atoms with Crippen LogP contribution in [0.2, 0.25) is 0 Å². The fourth-order valence-corrected chi connectivity index (χ4v) is 2.91. The van der Waals surface area contributed by atoms with Gasteiger partial charge in [0.1, 0.15) is 18.1 Å². The lowest BCUT2D eigenvalue weighted by Crippen LogP contribution is -2.28. The number of hydrogen-bond donors (Lipinski definition) is 1. The van der Waals surface area contributed by atoms with E-state index in [1.165, 1.54) is 12.7 Å². The molecule has 0 fully saturated rings. The number of benzene rings is 2. The molecule has 146 valence electrons. The first-order valence-corrected chi connectivity index (χ1v) is 8.97. The smallest absolute Gasteiger partial charge is 0.438 e. The maximum Gasteiger partial charge on any atom is 0.438 e. The number of amides is 1. The lowest BCUT2D eigenvalue weighted by molar-refractivity contribution is 0.140. The number of aryl methyl sites for hydroxylation is 3. The molecule has 6 heteroatoms. The van der Waals surface area contributed by atoms with Gasteiger partial charge in [0, 0.05) is 0 Å². The number of nitrogens with zero attached hydrogens (tertiary/aromatic N) is 1. The molecule has 27 heavy (non-hydrogen) atoms. The number of hydroxylamine groups is 1. The monoisotopic (exact) mass is 373 g/mol. The number of carbonyl (C=O) groups is 1. The highest BCUT2D eigenvalue weighted by atomic mass is 16.6. The van der Waals surface area contributed by atoms with Crippen LogP contribution < -0.4 is 14.5 Å². The van der Waals surface area contributed by atoms with Gasteiger partial charge in [-0.3, -0.25) is 5.21 Å². The minimum absolute atomic E-state index is 0.130. The largest absolute Gasteiger partial charge is 0.493 e. The van der Waals surface area contributed by atoms with Crippen molar-refractivity contribution in [2.45, 2.75) is 40.7 Å². The first kappa shape index (κ1) is 20.6. The van der Waals surface area contributed by atoms with E-state index in [0.717, 1.165) is 23.3 Å². The average Bonchev–Trinajstić information content (AvgIpc) is 2.67. The summed E-state index contributed by atoms with van der Waals surface area (Å²) in [6, 6.07) is 9.20. The molecular formula is C21H27NO5. The maximum absolute atomic E-state index is 11.7. The highest BCUT2D eigenvalue weighted by molar-refractivity contribution is 5.86. The molecule has 0 aliphatic carbocycles. The summed E-state index contributed by atoms with van der Waals surface area (Å²) in [5.41, 5.74) is 4.29. The van der Waals surface area contributed by atoms with Crippen molar-refractivity contribution in [2.24, 2.45) is 0 Å². The number of rotatable bonds is 7. The average molecular weight is 373 g/mol. The van der Waals surface area contributed by atoms with Crippen LogP contribution in [0.15, 0.2) is 30.3 Å². The van der Waals surface area contributed by atoms with E-state index >= 15 is 0 Å². The molecule has 1 amide bonds. The lowest BCUT2D eigenvalue weighted by Gasteiger charge is -2.21. The van der Waals surface area contributed by atoms with Gasteiger partial charge in [0.2, 0.25) is 0 Å². The Hall–Kier alpha value is -2.73. The number of carbonyl (C=O) groups excluding carboxylic acids is 1. The van der Waals surface area contributed by atoms with Gasteiger partial charge in [0.25, 0.3) is 0 Å². The van der Waals surface area contributed by atoms with Gasteiger partial charge in [-0.2, -0.15) is 5.06 Å². The third-order valence-corrected chi connectivity index (χ3v) is 4.37. The quantitative estimate of drug-likeness (QED) is 0.557. The zero-order valence-corrected chi connectivity index (χ0v) is 16.5. The molecule has 0 unspecified atom stereocenters. The van der Waals surface area contributed by atoms with Crippen molar-refractivity contribution >= 4 is 11.8 Å². The first-order valence-electron chi connectivity index (χ1n) is 8.97. The second kappa shape index (κ2) is 9.28. The summed E-state index contributed by atoms with van der Waals surface area (Å²) in [4.78, 5) is 11.7. The lowest BCUT2D eigenvalue weighted by atomic mass is 10.0. The molecule has 0 bridgehead atoms. The SMILES string of the molecule is CCOc1cccc(N(O)C(=O)OC)c1COc1cc(C)c(CC)cc1C. The van der Waals surface area contributed by atoms with Gasteiger partial charge in [-0.25, -0.2) is 4.79 Å². The van der Waals surface area contributed by atoms with E-state index in [1.807, 2.05) is 19.9 Å². The first-order chi connectivity index (χ1) is 12.9. The van der Waals surface area contributed by atoms with Crippen molar-refractivity contribution in [1.82, 2.24) is 0 Å². The highest BCUT2D eigenvalue weighted by Gasteiger charge is 2.21. The molecule has 0 radical (unpaired) electrons.